The van der Waals surface area contributed by atoms with Gasteiger partial charge in [0.1, 0.15) is 11.5 Å². The van der Waals surface area contributed by atoms with Crippen LogP contribution in [-0.4, -0.2) is 23.8 Å². The van der Waals surface area contributed by atoms with Crippen molar-refractivity contribution in [3.8, 4) is 11.5 Å². The van der Waals surface area contributed by atoms with E-state index in [0.29, 0.717) is 5.75 Å². The molecule has 0 spiro atoms. The van der Waals surface area contributed by atoms with Gasteiger partial charge in [-0.3, -0.25) is 0 Å². The first kappa shape index (κ1) is 28.5. The van der Waals surface area contributed by atoms with Gasteiger partial charge >= 0.3 is 5.97 Å². The average molecular weight is 475 g/mol. The van der Waals surface area contributed by atoms with E-state index in [1.54, 1.807) is 0 Å². The maximum absolute atomic E-state index is 11.0. The van der Waals surface area contributed by atoms with Crippen LogP contribution in [-0.2, 0) is 11.2 Å². The Morgan fingerprint density at radius 3 is 2.09 bits per heavy atom. The summed E-state index contributed by atoms with van der Waals surface area (Å²) in [6.45, 7) is 15.3. The summed E-state index contributed by atoms with van der Waals surface area (Å²) in [7, 11) is 0. The second kappa shape index (κ2) is 14.0. The molecule has 0 aliphatic carbocycles. The van der Waals surface area contributed by atoms with Crippen LogP contribution in [0, 0.1) is 38.5 Å². The van der Waals surface area contributed by atoms with E-state index in [4.69, 9.17) is 14.6 Å². The van der Waals surface area contributed by atoms with E-state index in [0.717, 1.165) is 59.5 Å². The van der Waals surface area contributed by atoms with Crippen molar-refractivity contribution in [1.29, 1.82) is 0 Å². The molecule has 0 radical (unpaired) electrons. The Balaban J connectivity index is 1.76. The van der Waals surface area contributed by atoms with E-state index in [1.165, 1.54) is 56.9 Å². The van der Waals surface area contributed by atoms with E-state index < -0.39 is 5.97 Å². The molecule has 0 bridgehead atoms. The third-order valence-electron chi connectivity index (χ3n) is 7.75. The molecule has 1 unspecified atom stereocenters. The Morgan fingerprint density at radius 2 is 1.50 bits per heavy atom. The second-order valence-electron chi connectivity index (χ2n) is 11.4. The minimum Gasteiger partial charge on any atom is -0.490 e. The van der Waals surface area contributed by atoms with Crippen LogP contribution < -0.4 is 9.47 Å². The largest absolute Gasteiger partial charge is 0.490 e. The van der Waals surface area contributed by atoms with Gasteiger partial charge in [0.2, 0.25) is 0 Å². The summed E-state index contributed by atoms with van der Waals surface area (Å²) >= 11 is 0. The highest BCUT2D eigenvalue weighted by atomic mass is 16.5. The van der Waals surface area contributed by atoms with Crippen LogP contribution in [0.15, 0.2) is 0 Å². The zero-order chi connectivity index (χ0) is 25.3. The van der Waals surface area contributed by atoms with E-state index in [2.05, 4.69) is 34.6 Å². The van der Waals surface area contributed by atoms with Gasteiger partial charge in [-0.15, -0.1) is 0 Å². The molecular weight excluding hydrogens is 424 g/mol. The predicted molar refractivity (Wildman–Crippen MR) is 141 cm³/mol. The molecule has 1 aliphatic heterocycles. The van der Waals surface area contributed by atoms with Gasteiger partial charge in [0.15, 0.2) is 6.61 Å². The summed E-state index contributed by atoms with van der Waals surface area (Å²) in [6.07, 6.45) is 14.1. The van der Waals surface area contributed by atoms with Crippen molar-refractivity contribution in [2.75, 3.05) is 6.61 Å². The first-order valence-corrected chi connectivity index (χ1v) is 13.7. The maximum Gasteiger partial charge on any atom is 0.341 e. The van der Waals surface area contributed by atoms with Crippen LogP contribution in [0.5, 0.6) is 11.5 Å². The summed E-state index contributed by atoms with van der Waals surface area (Å²) in [5.74, 6) is 3.26. The van der Waals surface area contributed by atoms with Crippen LogP contribution in [0.3, 0.4) is 0 Å². The van der Waals surface area contributed by atoms with E-state index in [1.807, 2.05) is 13.8 Å². The van der Waals surface area contributed by atoms with E-state index in [9.17, 15) is 4.79 Å². The van der Waals surface area contributed by atoms with Crippen molar-refractivity contribution in [2.24, 2.45) is 17.8 Å². The molecule has 4 nitrogen and oxygen atoms in total. The number of hydrogen-bond donors (Lipinski definition) is 1. The summed E-state index contributed by atoms with van der Waals surface area (Å²) in [5, 5.41) is 8.99. The second-order valence-corrected chi connectivity index (χ2v) is 11.4. The van der Waals surface area contributed by atoms with Gasteiger partial charge in [-0.05, 0) is 80.9 Å². The Bertz CT molecular complexity index is 783. The van der Waals surface area contributed by atoms with Gasteiger partial charge in [-0.1, -0.05) is 72.6 Å². The summed E-state index contributed by atoms with van der Waals surface area (Å²) in [6, 6.07) is 0. The Hall–Kier alpha value is -1.71. The van der Waals surface area contributed by atoms with Crippen LogP contribution >= 0.6 is 0 Å². The van der Waals surface area contributed by atoms with Crippen molar-refractivity contribution in [3.05, 3.63) is 22.3 Å². The third-order valence-corrected chi connectivity index (χ3v) is 7.75. The van der Waals surface area contributed by atoms with Crippen LogP contribution in [0.25, 0.3) is 0 Å². The number of fused-ring (bicyclic) bond motifs is 1. The average Bonchev–Trinajstić information content (AvgIpc) is 2.77. The monoisotopic (exact) mass is 474 g/mol. The Kier molecular flexibility index (Phi) is 11.7. The number of carbonyl (C=O) groups is 1. The molecule has 0 saturated heterocycles. The van der Waals surface area contributed by atoms with Gasteiger partial charge in [0.05, 0.1) is 6.10 Å². The highest BCUT2D eigenvalue weighted by molar-refractivity contribution is 5.69. The normalized spacial score (nSPS) is 17.2. The smallest absolute Gasteiger partial charge is 0.341 e. The molecule has 1 heterocycles. The minimum atomic E-state index is -0.948. The topological polar surface area (TPSA) is 55.8 Å². The highest BCUT2D eigenvalue weighted by Crippen LogP contribution is 2.42. The fourth-order valence-corrected chi connectivity index (χ4v) is 5.37. The van der Waals surface area contributed by atoms with Crippen molar-refractivity contribution in [2.45, 2.75) is 125 Å². The SMILES string of the molecule is Cc1c(C)c2c(c(C)c1OCC(=O)O)CCC(CCC[C@H](C)CCC[C@H](C)CCCC(C)C)O2. The molecule has 0 saturated carbocycles. The Labute approximate surface area is 208 Å². The van der Waals surface area contributed by atoms with Crippen LogP contribution in [0.1, 0.15) is 114 Å². The fourth-order valence-electron chi connectivity index (χ4n) is 5.37. The number of aliphatic carboxylic acids is 1. The first-order chi connectivity index (χ1) is 16.1. The van der Waals surface area contributed by atoms with E-state index in [-0.39, 0.29) is 12.7 Å². The number of carboxylic acid groups (broad SMARTS) is 1. The molecule has 194 valence electrons. The van der Waals surface area contributed by atoms with Crippen molar-refractivity contribution < 1.29 is 19.4 Å². The molecule has 1 N–H and O–H groups in total. The van der Waals surface area contributed by atoms with Gasteiger partial charge in [0, 0.05) is 5.56 Å². The molecule has 2 rings (SSSR count). The lowest BCUT2D eigenvalue weighted by Crippen LogP contribution is -2.25. The van der Waals surface area contributed by atoms with Gasteiger partial charge in [-0.2, -0.15) is 0 Å². The molecule has 34 heavy (non-hydrogen) atoms. The van der Waals surface area contributed by atoms with E-state index >= 15 is 0 Å². The lowest BCUT2D eigenvalue weighted by Gasteiger charge is -2.31. The lowest BCUT2D eigenvalue weighted by atomic mass is 9.89. The summed E-state index contributed by atoms with van der Waals surface area (Å²) in [4.78, 5) is 11.0. The van der Waals surface area contributed by atoms with Gasteiger partial charge in [-0.25, -0.2) is 4.79 Å². The molecular formula is C30H50O4. The minimum absolute atomic E-state index is 0.281. The molecule has 3 atom stereocenters. The molecule has 1 aromatic carbocycles. The molecule has 1 aliphatic rings. The Morgan fingerprint density at radius 1 is 0.912 bits per heavy atom. The van der Waals surface area contributed by atoms with Gasteiger partial charge in [0.25, 0.3) is 0 Å². The zero-order valence-electron chi connectivity index (χ0n) is 23.0. The third kappa shape index (κ3) is 8.82. The van der Waals surface area contributed by atoms with Gasteiger partial charge < -0.3 is 14.6 Å². The summed E-state index contributed by atoms with van der Waals surface area (Å²) < 4.78 is 12.1. The van der Waals surface area contributed by atoms with Crippen molar-refractivity contribution in [1.82, 2.24) is 0 Å². The number of rotatable bonds is 15. The number of carboxylic acids is 1. The standard InChI is InChI=1S/C30H50O4/c1-20(2)11-8-12-21(3)13-9-14-22(4)15-10-16-26-17-18-27-25(7)29(33-19-28(31)32)23(5)24(6)30(27)34-26/h20-22,26H,8-19H2,1-7H3,(H,31,32)/t21-,22-,26?/m1/s1. The first-order valence-electron chi connectivity index (χ1n) is 13.7. The number of benzene rings is 1. The lowest BCUT2D eigenvalue weighted by molar-refractivity contribution is -0.139. The summed E-state index contributed by atoms with van der Waals surface area (Å²) in [5.41, 5.74) is 4.30. The molecule has 0 fully saturated rings. The number of ether oxygens (including phenoxy) is 2. The molecule has 1 aromatic rings. The molecule has 0 amide bonds. The quantitative estimate of drug-likeness (QED) is 0.278. The van der Waals surface area contributed by atoms with Crippen LogP contribution in [0.2, 0.25) is 0 Å². The van der Waals surface area contributed by atoms with Crippen molar-refractivity contribution >= 4 is 5.97 Å². The predicted octanol–water partition coefficient (Wildman–Crippen LogP) is 8.21. The van der Waals surface area contributed by atoms with Crippen LogP contribution in [0.4, 0.5) is 0 Å². The maximum atomic E-state index is 11.0. The van der Waals surface area contributed by atoms with Crippen molar-refractivity contribution in [3.63, 3.8) is 0 Å². The highest BCUT2D eigenvalue weighted by Gasteiger charge is 2.27. The molecule has 4 heteroatoms. The fraction of sp³-hybridized carbons (Fsp3) is 0.767. The zero-order valence-corrected chi connectivity index (χ0v) is 23.0. The molecule has 0 aromatic heterocycles. The number of hydrogen-bond acceptors (Lipinski definition) is 3.